The van der Waals surface area contributed by atoms with Gasteiger partial charge < -0.3 is 9.80 Å². The number of thiazole rings is 1. The molecule has 12 heteroatoms. The fourth-order valence-corrected chi connectivity index (χ4v) is 5.65. The van der Waals surface area contributed by atoms with E-state index in [0.29, 0.717) is 38.7 Å². The number of nitrogens with one attached hydrogen (secondary N) is 1. The fraction of sp³-hybridized carbons (Fsp3) is 0.474. The van der Waals surface area contributed by atoms with Gasteiger partial charge in [0, 0.05) is 31.6 Å². The summed E-state index contributed by atoms with van der Waals surface area (Å²) in [4.78, 5) is 20.0. The van der Waals surface area contributed by atoms with Crippen LogP contribution in [0.5, 0.6) is 0 Å². The topological polar surface area (TPSA) is 82.6 Å². The zero-order valence-electron chi connectivity index (χ0n) is 17.0. The van der Waals surface area contributed by atoms with Crippen LogP contribution in [0, 0.1) is 6.92 Å². The Balaban J connectivity index is 1.69. The number of hydrogen-bond acceptors (Lipinski definition) is 6. The molecule has 3 rings (SSSR count). The summed E-state index contributed by atoms with van der Waals surface area (Å²) in [6, 6.07) is 2.69. The Morgan fingerprint density at radius 1 is 1.19 bits per heavy atom. The van der Waals surface area contributed by atoms with Gasteiger partial charge in [-0.05, 0) is 32.4 Å². The number of aromatic nitrogens is 1. The summed E-state index contributed by atoms with van der Waals surface area (Å²) in [5.41, 5.74) is -0.356. The SMILES string of the molecule is Cc1csc(N2CCCN(C(=O)[C@H](C)NS(=O)(=O)c3ccccc3C(F)(F)F)CC2)n1. The molecule has 0 radical (unpaired) electrons. The lowest BCUT2D eigenvalue weighted by molar-refractivity contribution is -0.139. The number of rotatable bonds is 5. The summed E-state index contributed by atoms with van der Waals surface area (Å²) < 4.78 is 67.0. The standard InChI is InChI=1S/C19H23F3N4O3S2/c1-13-12-30-18(23-13)26-9-5-8-25(10-11-26)17(27)14(2)24-31(28,29)16-7-4-3-6-15(16)19(20,21)22/h3-4,6-7,12,14,24H,5,8-11H2,1-2H3/t14-/m0/s1. The number of hydrogen-bond donors (Lipinski definition) is 1. The molecule has 1 aromatic carbocycles. The molecule has 0 saturated carbocycles. The number of halogens is 3. The zero-order valence-corrected chi connectivity index (χ0v) is 18.6. The normalized spacial score (nSPS) is 16.8. The Labute approximate surface area is 182 Å². The number of alkyl halides is 3. The lowest BCUT2D eigenvalue weighted by Crippen LogP contribution is -2.48. The number of carbonyl (C=O) groups is 1. The third-order valence-electron chi connectivity index (χ3n) is 4.87. The van der Waals surface area contributed by atoms with Gasteiger partial charge in [-0.25, -0.2) is 13.4 Å². The smallest absolute Gasteiger partial charge is 0.346 e. The zero-order chi connectivity index (χ0) is 22.8. The van der Waals surface area contributed by atoms with Crippen molar-refractivity contribution in [1.29, 1.82) is 0 Å². The highest BCUT2D eigenvalue weighted by Gasteiger charge is 2.38. The summed E-state index contributed by atoms with van der Waals surface area (Å²) in [5, 5.41) is 2.81. The molecule has 1 N–H and O–H groups in total. The van der Waals surface area contributed by atoms with Crippen molar-refractivity contribution in [3.63, 3.8) is 0 Å². The number of benzene rings is 1. The van der Waals surface area contributed by atoms with Crippen molar-refractivity contribution in [2.75, 3.05) is 31.1 Å². The molecule has 1 saturated heterocycles. The first kappa shape index (κ1) is 23.5. The number of anilines is 1. The predicted octanol–water partition coefficient (Wildman–Crippen LogP) is 2.88. The van der Waals surface area contributed by atoms with Crippen molar-refractivity contribution in [1.82, 2.24) is 14.6 Å². The molecule has 170 valence electrons. The minimum atomic E-state index is -4.83. The van der Waals surface area contributed by atoms with Crippen molar-refractivity contribution in [2.24, 2.45) is 0 Å². The van der Waals surface area contributed by atoms with E-state index in [9.17, 15) is 26.4 Å². The Hall–Kier alpha value is -2.18. The van der Waals surface area contributed by atoms with Gasteiger partial charge in [-0.2, -0.15) is 17.9 Å². The van der Waals surface area contributed by atoms with Gasteiger partial charge in [-0.1, -0.05) is 12.1 Å². The monoisotopic (exact) mass is 476 g/mol. The van der Waals surface area contributed by atoms with Crippen molar-refractivity contribution in [2.45, 2.75) is 37.4 Å². The van der Waals surface area contributed by atoms with Crippen molar-refractivity contribution in [3.05, 3.63) is 40.9 Å². The minimum absolute atomic E-state index is 0.364. The second-order valence-corrected chi connectivity index (χ2v) is 9.79. The third-order valence-corrected chi connectivity index (χ3v) is 7.49. The quantitative estimate of drug-likeness (QED) is 0.718. The number of carbonyl (C=O) groups excluding carboxylic acids is 1. The highest BCUT2D eigenvalue weighted by atomic mass is 32.2. The number of nitrogens with zero attached hydrogens (tertiary/aromatic N) is 3. The summed E-state index contributed by atoms with van der Waals surface area (Å²) in [7, 11) is -4.55. The highest BCUT2D eigenvalue weighted by Crippen LogP contribution is 2.34. The van der Waals surface area contributed by atoms with Crippen LogP contribution in [0.4, 0.5) is 18.3 Å². The highest BCUT2D eigenvalue weighted by molar-refractivity contribution is 7.89. The lowest BCUT2D eigenvalue weighted by Gasteiger charge is -2.25. The van der Waals surface area contributed by atoms with Crippen LogP contribution in [-0.2, 0) is 21.0 Å². The average molecular weight is 477 g/mol. The number of amides is 1. The van der Waals surface area contributed by atoms with E-state index in [1.807, 2.05) is 12.3 Å². The number of sulfonamides is 1. The van der Waals surface area contributed by atoms with Gasteiger partial charge in [0.2, 0.25) is 15.9 Å². The molecule has 0 unspecified atom stereocenters. The molecule has 1 atom stereocenters. The van der Waals surface area contributed by atoms with Gasteiger partial charge in [0.25, 0.3) is 0 Å². The molecule has 0 spiro atoms. The Kier molecular flexibility index (Phi) is 6.92. The summed E-state index contributed by atoms with van der Waals surface area (Å²) in [5.74, 6) is -0.481. The van der Waals surface area contributed by atoms with E-state index in [1.165, 1.54) is 29.2 Å². The van der Waals surface area contributed by atoms with Gasteiger partial charge in [-0.3, -0.25) is 4.79 Å². The Morgan fingerprint density at radius 2 is 1.90 bits per heavy atom. The van der Waals surface area contributed by atoms with Crippen LogP contribution < -0.4 is 9.62 Å². The second kappa shape index (κ2) is 9.13. The van der Waals surface area contributed by atoms with E-state index < -0.39 is 38.6 Å². The molecule has 0 aliphatic carbocycles. The first-order valence-corrected chi connectivity index (χ1v) is 12.0. The van der Waals surface area contributed by atoms with Gasteiger partial charge in [-0.15, -0.1) is 11.3 Å². The van der Waals surface area contributed by atoms with E-state index >= 15 is 0 Å². The van der Waals surface area contributed by atoms with Gasteiger partial charge in [0.05, 0.1) is 22.2 Å². The molecule has 31 heavy (non-hydrogen) atoms. The van der Waals surface area contributed by atoms with Crippen LogP contribution >= 0.6 is 11.3 Å². The molecule has 2 heterocycles. The predicted molar refractivity (Wildman–Crippen MR) is 111 cm³/mol. The van der Waals surface area contributed by atoms with Crippen LogP contribution in [0.25, 0.3) is 0 Å². The van der Waals surface area contributed by atoms with Gasteiger partial charge in [0.15, 0.2) is 5.13 Å². The molecule has 7 nitrogen and oxygen atoms in total. The van der Waals surface area contributed by atoms with Crippen molar-refractivity contribution < 1.29 is 26.4 Å². The van der Waals surface area contributed by atoms with Crippen molar-refractivity contribution in [3.8, 4) is 0 Å². The molecule has 2 aromatic rings. The molecule has 0 bridgehead atoms. The minimum Gasteiger partial charge on any atom is -0.346 e. The fourth-order valence-electron chi connectivity index (χ4n) is 3.37. The second-order valence-electron chi connectivity index (χ2n) is 7.27. The average Bonchev–Trinajstić information content (AvgIpc) is 2.98. The number of aryl methyl sites for hydroxylation is 1. The van der Waals surface area contributed by atoms with E-state index in [-0.39, 0.29) is 0 Å². The maximum atomic E-state index is 13.2. The molecule has 1 amide bonds. The Bertz CT molecular complexity index is 1040. The summed E-state index contributed by atoms with van der Waals surface area (Å²) >= 11 is 1.52. The van der Waals surface area contributed by atoms with Crippen LogP contribution in [0.3, 0.4) is 0 Å². The first-order valence-electron chi connectivity index (χ1n) is 9.63. The molecule has 1 aliphatic rings. The van der Waals surface area contributed by atoms with E-state index in [4.69, 9.17) is 0 Å². The van der Waals surface area contributed by atoms with Crippen LogP contribution in [0.2, 0.25) is 0 Å². The molecule has 1 aliphatic heterocycles. The largest absolute Gasteiger partial charge is 0.417 e. The molecular formula is C19H23F3N4O3S2. The van der Waals surface area contributed by atoms with Crippen LogP contribution in [0.15, 0.2) is 34.5 Å². The maximum absolute atomic E-state index is 13.2. The van der Waals surface area contributed by atoms with E-state index in [2.05, 4.69) is 14.6 Å². The molecule has 1 aromatic heterocycles. The van der Waals surface area contributed by atoms with Crippen LogP contribution in [0.1, 0.15) is 24.6 Å². The van der Waals surface area contributed by atoms with Gasteiger partial charge >= 0.3 is 6.18 Å². The third kappa shape index (κ3) is 5.55. The maximum Gasteiger partial charge on any atom is 0.417 e. The summed E-state index contributed by atoms with van der Waals surface area (Å²) in [6.45, 7) is 5.26. The molecule has 1 fully saturated rings. The van der Waals surface area contributed by atoms with E-state index in [0.717, 1.165) is 23.0 Å². The Morgan fingerprint density at radius 3 is 2.55 bits per heavy atom. The van der Waals surface area contributed by atoms with Crippen molar-refractivity contribution >= 4 is 32.4 Å². The van der Waals surface area contributed by atoms with E-state index in [1.54, 1.807) is 0 Å². The first-order chi connectivity index (χ1) is 14.5. The van der Waals surface area contributed by atoms with Crippen LogP contribution in [-0.4, -0.2) is 56.4 Å². The lowest BCUT2D eigenvalue weighted by atomic mass is 10.2. The van der Waals surface area contributed by atoms with Gasteiger partial charge in [0.1, 0.15) is 0 Å². The summed E-state index contributed by atoms with van der Waals surface area (Å²) in [6.07, 6.45) is -4.16. The molecular weight excluding hydrogens is 453 g/mol.